The zero-order valence-corrected chi connectivity index (χ0v) is 11.1. The molecule has 3 nitrogen and oxygen atoms in total. The van der Waals surface area contributed by atoms with Crippen molar-refractivity contribution in [2.75, 3.05) is 24.6 Å². The molecule has 15 heavy (non-hydrogen) atoms. The molecule has 0 aliphatic rings. The van der Waals surface area contributed by atoms with E-state index in [0.717, 1.165) is 25.3 Å². The van der Waals surface area contributed by atoms with Crippen LogP contribution < -0.4 is 5.32 Å². The fourth-order valence-electron chi connectivity index (χ4n) is 1.00. The molecule has 0 aromatic rings. The Morgan fingerprint density at radius 3 is 2.60 bits per heavy atom. The number of nitrogens with one attached hydrogen (secondary N) is 1. The Hall–Kier alpha value is -0.220. The molecule has 0 saturated heterocycles. The van der Waals surface area contributed by atoms with Crippen LogP contribution in [0.3, 0.4) is 0 Å². The van der Waals surface area contributed by atoms with Gasteiger partial charge in [-0.05, 0) is 46.0 Å². The van der Waals surface area contributed by atoms with Gasteiger partial charge in [-0.3, -0.25) is 4.79 Å². The quantitative estimate of drug-likeness (QED) is 0.539. The second-order valence-electron chi connectivity index (χ2n) is 4.35. The lowest BCUT2D eigenvalue weighted by Crippen LogP contribution is -2.25. The summed E-state index contributed by atoms with van der Waals surface area (Å²) in [7, 11) is 0. The van der Waals surface area contributed by atoms with E-state index in [2.05, 4.69) is 12.2 Å². The van der Waals surface area contributed by atoms with Gasteiger partial charge < -0.3 is 10.1 Å². The average Bonchev–Trinajstić information content (AvgIpc) is 2.08. The standard InChI is InChI=1S/C11H23NO2S/c1-5-12-7-6-8-15-9-10(13)14-11(2,3)4/h12H,5-9H2,1-4H3. The molecule has 0 amide bonds. The Bertz CT molecular complexity index is 178. The van der Waals surface area contributed by atoms with E-state index in [-0.39, 0.29) is 11.6 Å². The lowest BCUT2D eigenvalue weighted by Gasteiger charge is -2.19. The van der Waals surface area contributed by atoms with Crippen LogP contribution in [0.2, 0.25) is 0 Å². The molecule has 0 aliphatic heterocycles. The lowest BCUT2D eigenvalue weighted by molar-refractivity contribution is -0.151. The number of ether oxygens (including phenoxy) is 1. The first-order valence-corrected chi connectivity index (χ1v) is 6.61. The summed E-state index contributed by atoms with van der Waals surface area (Å²) in [6, 6.07) is 0. The molecular weight excluding hydrogens is 210 g/mol. The van der Waals surface area contributed by atoms with Gasteiger partial charge in [0.25, 0.3) is 0 Å². The van der Waals surface area contributed by atoms with Crippen molar-refractivity contribution in [3.8, 4) is 0 Å². The molecule has 0 unspecified atom stereocenters. The van der Waals surface area contributed by atoms with Gasteiger partial charge >= 0.3 is 5.97 Å². The van der Waals surface area contributed by atoms with Gasteiger partial charge in [-0.15, -0.1) is 0 Å². The molecule has 0 rings (SSSR count). The van der Waals surface area contributed by atoms with Gasteiger partial charge in [-0.25, -0.2) is 0 Å². The zero-order valence-electron chi connectivity index (χ0n) is 10.3. The minimum Gasteiger partial charge on any atom is -0.459 e. The fraction of sp³-hybridized carbons (Fsp3) is 0.909. The summed E-state index contributed by atoms with van der Waals surface area (Å²) in [6.45, 7) is 9.80. The molecule has 4 heteroatoms. The molecule has 0 saturated carbocycles. The summed E-state index contributed by atoms with van der Waals surface area (Å²) in [5.74, 6) is 1.35. The van der Waals surface area contributed by atoms with Crippen LogP contribution in [-0.2, 0) is 9.53 Å². The first-order chi connectivity index (χ1) is 6.95. The van der Waals surface area contributed by atoms with Crippen LogP contribution in [0.4, 0.5) is 0 Å². The smallest absolute Gasteiger partial charge is 0.316 e. The van der Waals surface area contributed by atoms with Gasteiger partial charge in [-0.1, -0.05) is 6.92 Å². The van der Waals surface area contributed by atoms with E-state index in [4.69, 9.17) is 4.74 Å². The minimum absolute atomic E-state index is 0.115. The van der Waals surface area contributed by atoms with Crippen molar-refractivity contribution >= 4 is 17.7 Å². The van der Waals surface area contributed by atoms with E-state index >= 15 is 0 Å². The van der Waals surface area contributed by atoms with Crippen LogP contribution in [-0.4, -0.2) is 36.2 Å². The van der Waals surface area contributed by atoms with E-state index in [9.17, 15) is 4.79 Å². The first kappa shape index (κ1) is 14.8. The summed E-state index contributed by atoms with van der Waals surface area (Å²) in [6.07, 6.45) is 1.10. The monoisotopic (exact) mass is 233 g/mol. The van der Waals surface area contributed by atoms with Crippen molar-refractivity contribution in [3.05, 3.63) is 0 Å². The fourth-order valence-corrected chi connectivity index (χ4v) is 1.72. The number of hydrogen-bond donors (Lipinski definition) is 1. The van der Waals surface area contributed by atoms with Gasteiger partial charge in [0.15, 0.2) is 0 Å². The number of esters is 1. The highest BCUT2D eigenvalue weighted by molar-refractivity contribution is 7.99. The molecule has 1 N–H and O–H groups in total. The highest BCUT2D eigenvalue weighted by Gasteiger charge is 2.15. The molecular formula is C11H23NO2S. The van der Waals surface area contributed by atoms with Crippen LogP contribution in [0, 0.1) is 0 Å². The maximum Gasteiger partial charge on any atom is 0.316 e. The molecule has 0 spiro atoms. The topological polar surface area (TPSA) is 38.3 Å². The first-order valence-electron chi connectivity index (χ1n) is 5.46. The third-order valence-electron chi connectivity index (χ3n) is 1.53. The Morgan fingerprint density at radius 2 is 2.07 bits per heavy atom. The summed E-state index contributed by atoms with van der Waals surface area (Å²) >= 11 is 1.64. The predicted octanol–water partition coefficient (Wildman–Crippen LogP) is 2.06. The largest absolute Gasteiger partial charge is 0.459 e. The van der Waals surface area contributed by atoms with Crippen LogP contribution in [0.1, 0.15) is 34.1 Å². The van der Waals surface area contributed by atoms with Gasteiger partial charge in [-0.2, -0.15) is 11.8 Å². The highest BCUT2D eigenvalue weighted by Crippen LogP contribution is 2.10. The van der Waals surface area contributed by atoms with Crippen LogP contribution in [0.15, 0.2) is 0 Å². The SMILES string of the molecule is CCNCCCSCC(=O)OC(C)(C)C. The van der Waals surface area contributed by atoms with E-state index in [1.165, 1.54) is 0 Å². The Kier molecular flexibility index (Phi) is 7.88. The summed E-state index contributed by atoms with van der Waals surface area (Å²) in [5, 5.41) is 3.25. The molecule has 0 bridgehead atoms. The number of rotatable bonds is 7. The lowest BCUT2D eigenvalue weighted by atomic mass is 10.2. The predicted molar refractivity (Wildman–Crippen MR) is 66.3 cm³/mol. The molecule has 90 valence electrons. The van der Waals surface area contributed by atoms with Gasteiger partial charge in [0.05, 0.1) is 5.75 Å². The van der Waals surface area contributed by atoms with Crippen molar-refractivity contribution in [1.82, 2.24) is 5.32 Å². The molecule has 0 radical (unpaired) electrons. The molecule has 0 aliphatic carbocycles. The van der Waals surface area contributed by atoms with Gasteiger partial charge in [0.2, 0.25) is 0 Å². The second kappa shape index (κ2) is 7.99. The highest BCUT2D eigenvalue weighted by atomic mass is 32.2. The number of hydrogen-bond acceptors (Lipinski definition) is 4. The number of carbonyl (C=O) groups excluding carboxylic acids is 1. The van der Waals surface area contributed by atoms with E-state index in [0.29, 0.717) is 5.75 Å². The summed E-state index contributed by atoms with van der Waals surface area (Å²) in [4.78, 5) is 11.3. The molecule has 0 aromatic carbocycles. The number of carbonyl (C=O) groups is 1. The Balaban J connectivity index is 3.32. The molecule has 0 heterocycles. The average molecular weight is 233 g/mol. The van der Waals surface area contributed by atoms with Crippen LogP contribution >= 0.6 is 11.8 Å². The van der Waals surface area contributed by atoms with Crippen LogP contribution in [0.25, 0.3) is 0 Å². The zero-order chi connectivity index (χ0) is 11.7. The normalized spacial score (nSPS) is 11.5. The second-order valence-corrected chi connectivity index (χ2v) is 5.45. The molecule has 0 atom stereocenters. The maximum absolute atomic E-state index is 11.3. The third-order valence-corrected chi connectivity index (χ3v) is 2.55. The Labute approximate surface area is 97.3 Å². The Morgan fingerprint density at radius 1 is 1.40 bits per heavy atom. The van der Waals surface area contributed by atoms with E-state index in [1.807, 2.05) is 20.8 Å². The summed E-state index contributed by atoms with van der Waals surface area (Å²) in [5.41, 5.74) is -0.360. The molecule has 0 aromatic heterocycles. The van der Waals surface area contributed by atoms with Crippen molar-refractivity contribution in [2.24, 2.45) is 0 Å². The van der Waals surface area contributed by atoms with Crippen molar-refractivity contribution in [1.29, 1.82) is 0 Å². The molecule has 0 fully saturated rings. The third kappa shape index (κ3) is 11.7. The maximum atomic E-state index is 11.3. The van der Waals surface area contributed by atoms with Gasteiger partial charge in [0, 0.05) is 0 Å². The number of thioether (sulfide) groups is 1. The van der Waals surface area contributed by atoms with Crippen molar-refractivity contribution in [3.63, 3.8) is 0 Å². The minimum atomic E-state index is -0.360. The van der Waals surface area contributed by atoms with Crippen molar-refractivity contribution < 1.29 is 9.53 Å². The van der Waals surface area contributed by atoms with Gasteiger partial charge in [0.1, 0.15) is 5.60 Å². The van der Waals surface area contributed by atoms with Crippen LogP contribution in [0.5, 0.6) is 0 Å². The van der Waals surface area contributed by atoms with Crippen molar-refractivity contribution in [2.45, 2.75) is 39.7 Å². The van der Waals surface area contributed by atoms with E-state index < -0.39 is 0 Å². The summed E-state index contributed by atoms with van der Waals surface area (Å²) < 4.78 is 5.19. The van der Waals surface area contributed by atoms with E-state index in [1.54, 1.807) is 11.8 Å².